The lowest BCUT2D eigenvalue weighted by Crippen LogP contribution is -2.01. The van der Waals surface area contributed by atoms with Crippen LogP contribution in [0.25, 0.3) is 10.9 Å². The number of nitrogen functional groups attached to an aromatic ring is 1. The quantitative estimate of drug-likeness (QED) is 0.781. The molecule has 2 aromatic heterocycles. The van der Waals surface area contributed by atoms with Crippen molar-refractivity contribution in [2.45, 2.75) is 9.10 Å². The minimum absolute atomic E-state index is 0.128. The Bertz CT molecular complexity index is 851. The van der Waals surface area contributed by atoms with E-state index in [1.807, 2.05) is 12.1 Å². The molecule has 0 aliphatic rings. The number of aromatic nitrogens is 2. The number of nitrogens with zero attached hydrogens (tertiary/aromatic N) is 2. The second-order valence-electron chi connectivity index (χ2n) is 3.85. The molecule has 2 N–H and O–H groups in total. The number of benzene rings is 1. The fourth-order valence-corrected chi connectivity index (χ4v) is 4.27. The van der Waals surface area contributed by atoms with E-state index in [2.05, 4.69) is 9.97 Å². The Balaban J connectivity index is 2.30. The monoisotopic (exact) mass is 291 g/mol. The number of fused-ring (bicyclic) bond motifs is 1. The van der Waals surface area contributed by atoms with Gasteiger partial charge in [-0.3, -0.25) is 4.98 Å². The minimum Gasteiger partial charge on any atom is -0.375 e. The Labute approximate surface area is 113 Å². The number of anilines is 1. The van der Waals surface area contributed by atoms with Gasteiger partial charge < -0.3 is 5.73 Å². The van der Waals surface area contributed by atoms with Crippen LogP contribution in [0, 0.1) is 0 Å². The first-order chi connectivity index (χ1) is 9.09. The van der Waals surface area contributed by atoms with Crippen molar-refractivity contribution in [3.63, 3.8) is 0 Å². The summed E-state index contributed by atoms with van der Waals surface area (Å²) in [5.41, 5.74) is 5.95. The summed E-state index contributed by atoms with van der Waals surface area (Å²) < 4.78 is 25.2. The van der Waals surface area contributed by atoms with E-state index in [0.29, 0.717) is 5.52 Å². The number of sulfone groups is 1. The van der Waals surface area contributed by atoms with Crippen LogP contribution < -0.4 is 5.73 Å². The van der Waals surface area contributed by atoms with Gasteiger partial charge in [0.2, 0.25) is 9.84 Å². The standard InChI is InChI=1S/C12H9N3O2S2/c13-12-15-7-10(18-12)19(16,17)9-5-1-3-8-4-2-6-14-11(8)9/h1-7H,(H2,13,15). The smallest absolute Gasteiger partial charge is 0.219 e. The van der Waals surface area contributed by atoms with Gasteiger partial charge in [-0.25, -0.2) is 13.4 Å². The Morgan fingerprint density at radius 2 is 1.89 bits per heavy atom. The van der Waals surface area contributed by atoms with Gasteiger partial charge in [0.05, 0.1) is 16.6 Å². The molecule has 3 aromatic rings. The Morgan fingerprint density at radius 1 is 1.11 bits per heavy atom. The molecule has 0 fully saturated rings. The zero-order valence-electron chi connectivity index (χ0n) is 9.65. The van der Waals surface area contributed by atoms with Crippen LogP contribution in [0.1, 0.15) is 0 Å². The number of nitrogens with two attached hydrogens (primary N) is 1. The van der Waals surface area contributed by atoms with Crippen LogP contribution in [0.2, 0.25) is 0 Å². The van der Waals surface area contributed by atoms with Crippen LogP contribution in [0.5, 0.6) is 0 Å². The molecule has 0 saturated heterocycles. The molecule has 0 aliphatic heterocycles. The normalized spacial score (nSPS) is 11.8. The maximum Gasteiger partial charge on any atom is 0.219 e. The largest absolute Gasteiger partial charge is 0.375 e. The van der Waals surface area contributed by atoms with Crippen LogP contribution >= 0.6 is 11.3 Å². The summed E-state index contributed by atoms with van der Waals surface area (Å²) >= 11 is 0.949. The molecule has 0 atom stereocenters. The first-order valence-corrected chi connectivity index (χ1v) is 7.69. The Hall–Kier alpha value is -1.99. The average Bonchev–Trinajstić information content (AvgIpc) is 2.85. The third kappa shape index (κ3) is 1.96. The molecule has 0 unspecified atom stereocenters. The van der Waals surface area contributed by atoms with Crippen LogP contribution in [-0.2, 0) is 9.84 Å². The van der Waals surface area contributed by atoms with Gasteiger partial charge in [-0.15, -0.1) is 0 Å². The summed E-state index contributed by atoms with van der Waals surface area (Å²) in [7, 11) is -3.63. The minimum atomic E-state index is -3.63. The van der Waals surface area contributed by atoms with Crippen LogP contribution in [0.4, 0.5) is 5.13 Å². The third-order valence-electron chi connectivity index (χ3n) is 2.65. The molecule has 2 heterocycles. The number of hydrogen-bond acceptors (Lipinski definition) is 6. The van der Waals surface area contributed by atoms with E-state index in [4.69, 9.17) is 5.73 Å². The molecule has 5 nitrogen and oxygen atoms in total. The van der Waals surface area contributed by atoms with E-state index in [1.54, 1.807) is 24.4 Å². The fraction of sp³-hybridized carbons (Fsp3) is 0. The van der Waals surface area contributed by atoms with Gasteiger partial charge in [-0.1, -0.05) is 29.5 Å². The second-order valence-corrected chi connectivity index (χ2v) is 7.06. The summed E-state index contributed by atoms with van der Waals surface area (Å²) in [5.74, 6) is 0. The lowest BCUT2D eigenvalue weighted by molar-refractivity contribution is 0.598. The Kier molecular flexibility index (Phi) is 2.72. The van der Waals surface area contributed by atoms with Crippen molar-refractivity contribution < 1.29 is 8.42 Å². The van der Waals surface area contributed by atoms with Gasteiger partial charge in [0.25, 0.3) is 0 Å². The summed E-state index contributed by atoms with van der Waals surface area (Å²) in [6.45, 7) is 0. The van der Waals surface area contributed by atoms with Crippen molar-refractivity contribution in [3.05, 3.63) is 42.7 Å². The number of rotatable bonds is 2. The van der Waals surface area contributed by atoms with E-state index < -0.39 is 9.84 Å². The summed E-state index contributed by atoms with van der Waals surface area (Å²) in [6.07, 6.45) is 2.85. The average molecular weight is 291 g/mol. The molecule has 1 aromatic carbocycles. The van der Waals surface area contributed by atoms with E-state index >= 15 is 0 Å². The topological polar surface area (TPSA) is 85.9 Å². The Morgan fingerprint density at radius 3 is 2.63 bits per heavy atom. The van der Waals surface area contributed by atoms with Gasteiger partial charge in [-0.05, 0) is 12.1 Å². The molecule has 19 heavy (non-hydrogen) atoms. The number of thiazole rings is 1. The van der Waals surface area contributed by atoms with Crippen molar-refractivity contribution >= 4 is 37.2 Å². The van der Waals surface area contributed by atoms with Gasteiger partial charge in [0, 0.05) is 11.6 Å². The molecule has 0 aliphatic carbocycles. The fourth-order valence-electron chi connectivity index (χ4n) is 1.80. The zero-order chi connectivity index (χ0) is 13.5. The highest BCUT2D eigenvalue weighted by molar-refractivity contribution is 7.93. The van der Waals surface area contributed by atoms with Gasteiger partial charge in [-0.2, -0.15) is 0 Å². The number of para-hydroxylation sites is 1. The maximum absolute atomic E-state index is 12.5. The van der Waals surface area contributed by atoms with E-state index in [9.17, 15) is 8.42 Å². The molecular formula is C12H9N3O2S2. The molecule has 7 heteroatoms. The lowest BCUT2D eigenvalue weighted by atomic mass is 10.2. The molecule has 0 bridgehead atoms. The van der Waals surface area contributed by atoms with Crippen molar-refractivity contribution in [1.82, 2.24) is 9.97 Å². The molecule has 0 amide bonds. The SMILES string of the molecule is Nc1ncc(S(=O)(=O)c2cccc3cccnc23)s1. The molecule has 96 valence electrons. The van der Waals surface area contributed by atoms with Crippen molar-refractivity contribution in [2.75, 3.05) is 5.73 Å². The van der Waals surface area contributed by atoms with E-state index in [0.717, 1.165) is 16.7 Å². The van der Waals surface area contributed by atoms with Crippen molar-refractivity contribution in [3.8, 4) is 0 Å². The summed E-state index contributed by atoms with van der Waals surface area (Å²) in [5, 5.41) is 1.01. The highest BCUT2D eigenvalue weighted by Gasteiger charge is 2.23. The van der Waals surface area contributed by atoms with Crippen molar-refractivity contribution in [1.29, 1.82) is 0 Å². The van der Waals surface area contributed by atoms with Crippen molar-refractivity contribution in [2.24, 2.45) is 0 Å². The molecule has 0 saturated carbocycles. The molecular weight excluding hydrogens is 282 g/mol. The van der Waals surface area contributed by atoms with Crippen LogP contribution in [0.3, 0.4) is 0 Å². The molecule has 3 rings (SSSR count). The van der Waals surface area contributed by atoms with Gasteiger partial charge >= 0.3 is 0 Å². The number of pyridine rings is 1. The predicted molar refractivity (Wildman–Crippen MR) is 73.7 cm³/mol. The van der Waals surface area contributed by atoms with E-state index in [1.165, 1.54) is 6.20 Å². The first kappa shape index (κ1) is 12.1. The zero-order valence-corrected chi connectivity index (χ0v) is 11.3. The summed E-state index contributed by atoms with van der Waals surface area (Å²) in [4.78, 5) is 8.11. The van der Waals surface area contributed by atoms with Gasteiger partial charge in [0.1, 0.15) is 4.21 Å². The second kappa shape index (κ2) is 4.29. The van der Waals surface area contributed by atoms with Gasteiger partial charge in [0.15, 0.2) is 5.13 Å². The van der Waals surface area contributed by atoms with Crippen LogP contribution in [0.15, 0.2) is 51.8 Å². The predicted octanol–water partition coefficient (Wildman–Crippen LogP) is 2.11. The van der Waals surface area contributed by atoms with Crippen LogP contribution in [-0.4, -0.2) is 18.4 Å². The third-order valence-corrected chi connectivity index (χ3v) is 5.73. The number of hydrogen-bond donors (Lipinski definition) is 1. The highest BCUT2D eigenvalue weighted by Crippen LogP contribution is 2.30. The lowest BCUT2D eigenvalue weighted by Gasteiger charge is -2.04. The molecule has 0 radical (unpaired) electrons. The first-order valence-electron chi connectivity index (χ1n) is 5.39. The maximum atomic E-state index is 12.5. The molecule has 0 spiro atoms. The summed E-state index contributed by atoms with van der Waals surface area (Å²) in [6, 6.07) is 8.65. The highest BCUT2D eigenvalue weighted by atomic mass is 32.2. The van der Waals surface area contributed by atoms with E-state index in [-0.39, 0.29) is 14.2 Å².